The summed E-state index contributed by atoms with van der Waals surface area (Å²) < 4.78 is 5.36. The summed E-state index contributed by atoms with van der Waals surface area (Å²) in [6.07, 6.45) is 2.89. The predicted molar refractivity (Wildman–Crippen MR) is 87.5 cm³/mol. The van der Waals surface area contributed by atoms with E-state index >= 15 is 0 Å². The molecule has 1 aromatic carbocycles. The molecule has 5 nitrogen and oxygen atoms in total. The summed E-state index contributed by atoms with van der Waals surface area (Å²) in [6.45, 7) is 1.99. The van der Waals surface area contributed by atoms with Crippen molar-refractivity contribution in [2.45, 2.75) is 19.3 Å². The fourth-order valence-electron chi connectivity index (χ4n) is 2.69. The molecular weight excluding hydrogens is 313 g/mol. The Labute approximate surface area is 135 Å². The Bertz CT molecular complexity index is 517. The second-order valence-electron chi connectivity index (χ2n) is 5.09. The molecule has 1 saturated heterocycles. The maximum atomic E-state index is 11.5. The van der Waals surface area contributed by atoms with Crippen LogP contribution in [0, 0.1) is 5.92 Å². The van der Waals surface area contributed by atoms with Gasteiger partial charge in [0.2, 0.25) is 0 Å². The summed E-state index contributed by atoms with van der Waals surface area (Å²) in [4.78, 5) is 11.5. The number of benzene rings is 1. The van der Waals surface area contributed by atoms with Gasteiger partial charge in [0, 0.05) is 5.56 Å². The van der Waals surface area contributed by atoms with E-state index in [4.69, 9.17) is 27.8 Å². The third-order valence-electron chi connectivity index (χ3n) is 3.79. The molecule has 1 aliphatic heterocycles. The number of nitrogen functional groups attached to an aromatic ring is 1. The van der Waals surface area contributed by atoms with Crippen LogP contribution in [0.2, 0.25) is 5.02 Å². The lowest BCUT2D eigenvalue weighted by atomic mass is 9.89. The van der Waals surface area contributed by atoms with Gasteiger partial charge >= 0.3 is 0 Å². The molecule has 0 atom stereocenters. The highest BCUT2D eigenvalue weighted by molar-refractivity contribution is 6.33. The number of hydrogen-bond acceptors (Lipinski definition) is 4. The quantitative estimate of drug-likeness (QED) is 0.735. The monoisotopic (exact) mass is 333 g/mol. The average Bonchev–Trinajstić information content (AvgIpc) is 2.44. The van der Waals surface area contributed by atoms with Crippen molar-refractivity contribution in [1.82, 2.24) is 5.32 Å². The van der Waals surface area contributed by atoms with Crippen LogP contribution in [0.4, 0.5) is 5.69 Å². The number of piperidine rings is 1. The van der Waals surface area contributed by atoms with Gasteiger partial charge in [0.25, 0.3) is 5.91 Å². The third-order valence-corrected chi connectivity index (χ3v) is 4.11. The number of methoxy groups -OCH3 is 1. The number of halogens is 2. The summed E-state index contributed by atoms with van der Waals surface area (Å²) >= 11 is 6.11. The molecule has 2 rings (SSSR count). The first-order valence-electron chi connectivity index (χ1n) is 6.70. The van der Waals surface area contributed by atoms with Crippen molar-refractivity contribution >= 4 is 35.6 Å². The fourth-order valence-corrected chi connectivity index (χ4v) is 2.92. The van der Waals surface area contributed by atoms with Crippen LogP contribution >= 0.6 is 24.0 Å². The Kier molecular flexibility index (Phi) is 6.58. The van der Waals surface area contributed by atoms with Gasteiger partial charge in [-0.05, 0) is 44.3 Å². The molecule has 5 N–H and O–H groups in total. The van der Waals surface area contributed by atoms with Crippen molar-refractivity contribution < 1.29 is 9.53 Å². The van der Waals surface area contributed by atoms with E-state index in [2.05, 4.69) is 5.32 Å². The zero-order valence-electron chi connectivity index (χ0n) is 11.9. The van der Waals surface area contributed by atoms with Crippen molar-refractivity contribution in [2.75, 3.05) is 25.9 Å². The van der Waals surface area contributed by atoms with E-state index in [1.807, 2.05) is 0 Å². The average molecular weight is 334 g/mol. The number of primary amides is 1. The summed E-state index contributed by atoms with van der Waals surface area (Å²) in [6, 6.07) is 1.48. The van der Waals surface area contributed by atoms with Gasteiger partial charge in [-0.3, -0.25) is 4.79 Å². The minimum absolute atomic E-state index is 0. The summed E-state index contributed by atoms with van der Waals surface area (Å²) in [5.74, 6) is 0.403. The molecule has 1 aromatic rings. The molecule has 1 heterocycles. The van der Waals surface area contributed by atoms with E-state index in [1.165, 1.54) is 13.2 Å². The number of ether oxygens (including phenoxy) is 1. The Balaban J connectivity index is 0.00000220. The van der Waals surface area contributed by atoms with Gasteiger partial charge in [-0.15, -0.1) is 12.4 Å². The third kappa shape index (κ3) is 3.93. The largest absolute Gasteiger partial charge is 0.496 e. The van der Waals surface area contributed by atoms with Gasteiger partial charge in [-0.25, -0.2) is 0 Å². The van der Waals surface area contributed by atoms with Crippen molar-refractivity contribution in [1.29, 1.82) is 0 Å². The second kappa shape index (κ2) is 7.73. The molecule has 0 saturated carbocycles. The van der Waals surface area contributed by atoms with Gasteiger partial charge < -0.3 is 21.5 Å². The Morgan fingerprint density at radius 2 is 2.10 bits per heavy atom. The van der Waals surface area contributed by atoms with Crippen molar-refractivity contribution in [2.24, 2.45) is 11.7 Å². The van der Waals surface area contributed by atoms with Crippen molar-refractivity contribution in [3.8, 4) is 5.75 Å². The molecule has 0 unspecified atom stereocenters. The number of nitrogens with one attached hydrogen (secondary N) is 1. The van der Waals surface area contributed by atoms with E-state index in [1.54, 1.807) is 0 Å². The highest BCUT2D eigenvalue weighted by Gasteiger charge is 2.23. The molecule has 7 heteroatoms. The number of nitrogens with two attached hydrogens (primary N) is 2. The predicted octanol–water partition coefficient (Wildman–Crippen LogP) is 1.99. The van der Waals surface area contributed by atoms with Gasteiger partial charge in [-0.1, -0.05) is 11.6 Å². The van der Waals surface area contributed by atoms with Crippen LogP contribution in [0.1, 0.15) is 28.8 Å². The highest BCUT2D eigenvalue weighted by atomic mass is 35.5. The van der Waals surface area contributed by atoms with Crippen molar-refractivity contribution in [3.63, 3.8) is 0 Å². The van der Waals surface area contributed by atoms with Crippen LogP contribution < -0.4 is 21.5 Å². The number of anilines is 1. The second-order valence-corrected chi connectivity index (χ2v) is 5.50. The maximum Gasteiger partial charge on any atom is 0.252 e. The molecule has 0 spiro atoms. The number of carbonyl (C=O) groups is 1. The van der Waals surface area contributed by atoms with Crippen LogP contribution in [0.25, 0.3) is 0 Å². The zero-order chi connectivity index (χ0) is 14.7. The fraction of sp³-hybridized carbons (Fsp3) is 0.500. The topological polar surface area (TPSA) is 90.4 Å². The molecule has 118 valence electrons. The van der Waals surface area contributed by atoms with E-state index in [9.17, 15) is 4.79 Å². The number of amides is 1. The van der Waals surface area contributed by atoms with E-state index in [0.29, 0.717) is 22.4 Å². The van der Waals surface area contributed by atoms with Crippen LogP contribution in [-0.2, 0) is 6.42 Å². The number of carbonyl (C=O) groups excluding carboxylic acids is 1. The van der Waals surface area contributed by atoms with Crippen molar-refractivity contribution in [3.05, 3.63) is 22.2 Å². The summed E-state index contributed by atoms with van der Waals surface area (Å²) in [7, 11) is 1.51. The molecule has 0 radical (unpaired) electrons. The highest BCUT2D eigenvalue weighted by Crippen LogP contribution is 2.37. The molecule has 1 amide bonds. The van der Waals surface area contributed by atoms with Crippen LogP contribution in [-0.4, -0.2) is 26.1 Å². The standard InChI is InChI=1S/C14H20ClN3O2.ClH/c1-20-13-9(6-8-2-4-18-5-3-8)12(16)11(15)7-10(13)14(17)19;/h7-8,18H,2-6,16H2,1H3,(H2,17,19);1H. The lowest BCUT2D eigenvalue weighted by molar-refractivity contribution is 0.0997. The lowest BCUT2D eigenvalue weighted by Crippen LogP contribution is -2.29. The van der Waals surface area contributed by atoms with E-state index in [-0.39, 0.29) is 18.0 Å². The molecule has 1 aliphatic rings. The smallest absolute Gasteiger partial charge is 0.252 e. The van der Waals surface area contributed by atoms with Crippen LogP contribution in [0.5, 0.6) is 5.75 Å². The SMILES string of the molecule is COc1c(C(N)=O)cc(Cl)c(N)c1CC1CCNCC1.Cl. The molecule has 0 aromatic heterocycles. The lowest BCUT2D eigenvalue weighted by Gasteiger charge is -2.25. The molecule has 0 aliphatic carbocycles. The molecular formula is C14H21Cl2N3O2. The number of hydrogen-bond donors (Lipinski definition) is 3. The Morgan fingerprint density at radius 3 is 2.62 bits per heavy atom. The molecule has 1 fully saturated rings. The Morgan fingerprint density at radius 1 is 1.48 bits per heavy atom. The van der Waals surface area contributed by atoms with Gasteiger partial charge in [0.1, 0.15) is 5.75 Å². The summed E-state index contributed by atoms with van der Waals surface area (Å²) in [5.41, 5.74) is 13.0. The van der Waals surface area contributed by atoms with E-state index in [0.717, 1.165) is 37.9 Å². The summed E-state index contributed by atoms with van der Waals surface area (Å²) in [5, 5.41) is 3.67. The minimum atomic E-state index is -0.560. The Hall–Kier alpha value is -1.17. The number of rotatable bonds is 4. The van der Waals surface area contributed by atoms with E-state index < -0.39 is 5.91 Å². The normalized spacial score (nSPS) is 15.3. The first kappa shape index (κ1) is 17.9. The van der Waals surface area contributed by atoms with Gasteiger partial charge in [-0.2, -0.15) is 0 Å². The molecule has 21 heavy (non-hydrogen) atoms. The van der Waals surface area contributed by atoms with Crippen LogP contribution in [0.3, 0.4) is 0 Å². The zero-order valence-corrected chi connectivity index (χ0v) is 13.5. The first-order valence-corrected chi connectivity index (χ1v) is 7.07. The van der Waals surface area contributed by atoms with Gasteiger partial charge in [0.05, 0.1) is 23.4 Å². The minimum Gasteiger partial charge on any atom is -0.496 e. The maximum absolute atomic E-state index is 11.5. The molecule has 0 bridgehead atoms. The first-order chi connectivity index (χ1) is 9.54. The van der Waals surface area contributed by atoms with Crippen LogP contribution in [0.15, 0.2) is 6.07 Å². The van der Waals surface area contributed by atoms with Gasteiger partial charge in [0.15, 0.2) is 0 Å².